The van der Waals surface area contributed by atoms with E-state index in [-0.39, 0.29) is 23.9 Å². The van der Waals surface area contributed by atoms with Crippen molar-refractivity contribution in [3.05, 3.63) is 34.3 Å². The van der Waals surface area contributed by atoms with Crippen LogP contribution in [0, 0.1) is 0 Å². The van der Waals surface area contributed by atoms with Gasteiger partial charge in [0.2, 0.25) is 5.91 Å². The average Bonchev–Trinajstić information content (AvgIpc) is 2.44. The van der Waals surface area contributed by atoms with Gasteiger partial charge in [-0.3, -0.25) is 4.79 Å². The fourth-order valence-corrected chi connectivity index (χ4v) is 3.46. The Bertz CT molecular complexity index is 508. The smallest absolute Gasteiger partial charge is 0.230 e. The van der Waals surface area contributed by atoms with Crippen molar-refractivity contribution in [2.45, 2.75) is 56.9 Å². The summed E-state index contributed by atoms with van der Waals surface area (Å²) in [5.74, 6) is 0.124. The van der Waals surface area contributed by atoms with Crippen LogP contribution < -0.4 is 11.1 Å². The summed E-state index contributed by atoms with van der Waals surface area (Å²) in [7, 11) is 0. The molecule has 0 spiro atoms. The molecule has 1 aliphatic rings. The maximum atomic E-state index is 12.9. The molecule has 0 saturated heterocycles. The minimum Gasteiger partial charge on any atom is -0.354 e. The van der Waals surface area contributed by atoms with Crippen LogP contribution >= 0.6 is 28.3 Å². The van der Waals surface area contributed by atoms with Crippen LogP contribution in [0.1, 0.15) is 51.5 Å². The quantitative estimate of drug-likeness (QED) is 0.820. The second kappa shape index (κ2) is 7.80. The molecule has 0 bridgehead atoms. The fourth-order valence-electron chi connectivity index (χ4n) is 3.07. The van der Waals surface area contributed by atoms with Gasteiger partial charge in [0.05, 0.1) is 5.41 Å². The van der Waals surface area contributed by atoms with Crippen molar-refractivity contribution in [3.8, 4) is 0 Å². The third kappa shape index (κ3) is 4.71. The number of carbonyl (C=O) groups excluding carboxylic acids is 1. The van der Waals surface area contributed by atoms with E-state index in [4.69, 9.17) is 5.73 Å². The number of benzene rings is 1. The maximum absolute atomic E-state index is 12.9. The van der Waals surface area contributed by atoms with E-state index in [1.165, 1.54) is 6.42 Å². The summed E-state index contributed by atoms with van der Waals surface area (Å²) < 4.78 is 1.02. The Hall–Kier alpha value is -0.580. The highest BCUT2D eigenvalue weighted by molar-refractivity contribution is 9.10. The summed E-state index contributed by atoms with van der Waals surface area (Å²) in [5, 5.41) is 3.07. The minimum atomic E-state index is -0.396. The first kappa shape index (κ1) is 19.5. The van der Waals surface area contributed by atoms with Crippen molar-refractivity contribution in [3.63, 3.8) is 0 Å². The van der Waals surface area contributed by atoms with Crippen molar-refractivity contribution in [2.24, 2.45) is 5.73 Å². The summed E-state index contributed by atoms with van der Waals surface area (Å²) in [6.07, 6.45) is 5.25. The summed E-state index contributed by atoms with van der Waals surface area (Å²) in [4.78, 5) is 12.9. The molecular weight excluding hydrogens is 364 g/mol. The van der Waals surface area contributed by atoms with Gasteiger partial charge in [0.15, 0.2) is 0 Å². The Morgan fingerprint density at radius 1 is 1.32 bits per heavy atom. The minimum absolute atomic E-state index is 0. The first-order valence-electron chi connectivity index (χ1n) is 7.67. The molecule has 0 radical (unpaired) electrons. The monoisotopic (exact) mass is 388 g/mol. The Balaban J connectivity index is 0.00000242. The predicted octanol–water partition coefficient (Wildman–Crippen LogP) is 3.93. The molecule has 1 fully saturated rings. The van der Waals surface area contributed by atoms with Crippen LogP contribution in [-0.2, 0) is 10.2 Å². The van der Waals surface area contributed by atoms with E-state index in [1.54, 1.807) is 0 Å². The van der Waals surface area contributed by atoms with Crippen LogP contribution in [0.5, 0.6) is 0 Å². The number of rotatable bonds is 4. The number of halogens is 2. The highest BCUT2D eigenvalue weighted by Crippen LogP contribution is 2.40. The standard InChI is InChI=1S/C17H25BrN2O.ClH/c1-16(2,19)12-20-15(21)17(9-4-3-5-10-17)13-7-6-8-14(18)11-13;/h6-8,11H,3-5,9-10,12,19H2,1-2H3,(H,20,21);1H. The van der Waals surface area contributed by atoms with Crippen LogP contribution in [0.3, 0.4) is 0 Å². The first-order chi connectivity index (χ1) is 9.83. The number of nitrogens with two attached hydrogens (primary N) is 1. The Morgan fingerprint density at radius 2 is 1.95 bits per heavy atom. The molecule has 0 aromatic heterocycles. The van der Waals surface area contributed by atoms with Crippen molar-refractivity contribution >= 4 is 34.2 Å². The molecule has 0 atom stereocenters. The Morgan fingerprint density at radius 3 is 2.50 bits per heavy atom. The highest BCUT2D eigenvalue weighted by Gasteiger charge is 2.41. The first-order valence-corrected chi connectivity index (χ1v) is 8.46. The lowest BCUT2D eigenvalue weighted by Gasteiger charge is -2.37. The molecule has 5 heteroatoms. The predicted molar refractivity (Wildman–Crippen MR) is 97.4 cm³/mol. The van der Waals surface area contributed by atoms with Gasteiger partial charge in [-0.05, 0) is 44.4 Å². The van der Waals surface area contributed by atoms with E-state index in [2.05, 4.69) is 33.4 Å². The van der Waals surface area contributed by atoms with Gasteiger partial charge in [-0.15, -0.1) is 12.4 Å². The van der Waals surface area contributed by atoms with Crippen molar-refractivity contribution in [1.82, 2.24) is 5.32 Å². The zero-order chi connectivity index (χ0) is 15.5. The topological polar surface area (TPSA) is 55.1 Å². The molecule has 124 valence electrons. The second-order valence-corrected chi connectivity index (χ2v) is 7.74. The number of hydrogen-bond donors (Lipinski definition) is 2. The molecule has 1 saturated carbocycles. The number of amides is 1. The zero-order valence-corrected chi connectivity index (χ0v) is 15.7. The summed E-state index contributed by atoms with van der Waals surface area (Å²) in [5.41, 5.74) is 6.33. The number of carbonyl (C=O) groups is 1. The lowest BCUT2D eigenvalue weighted by molar-refractivity contribution is -0.128. The Labute approximate surface area is 148 Å². The van der Waals surface area contributed by atoms with E-state index >= 15 is 0 Å². The van der Waals surface area contributed by atoms with Gasteiger partial charge < -0.3 is 11.1 Å². The number of nitrogens with one attached hydrogen (secondary N) is 1. The molecule has 1 aliphatic carbocycles. The highest BCUT2D eigenvalue weighted by atomic mass is 79.9. The van der Waals surface area contributed by atoms with E-state index in [0.717, 1.165) is 35.7 Å². The lowest BCUT2D eigenvalue weighted by atomic mass is 9.68. The van der Waals surface area contributed by atoms with Gasteiger partial charge in [-0.1, -0.05) is 47.3 Å². The molecule has 1 aromatic carbocycles. The summed E-state index contributed by atoms with van der Waals surface area (Å²) in [6, 6.07) is 8.17. The SMILES string of the molecule is CC(C)(N)CNC(=O)C1(c2cccc(Br)c2)CCCCC1.Cl. The summed E-state index contributed by atoms with van der Waals surface area (Å²) in [6.45, 7) is 4.36. The van der Waals surface area contributed by atoms with Crippen molar-refractivity contribution in [2.75, 3.05) is 6.54 Å². The molecular formula is C17H26BrClN2O. The molecule has 2 rings (SSSR count). The second-order valence-electron chi connectivity index (χ2n) is 6.82. The molecule has 0 unspecified atom stereocenters. The van der Waals surface area contributed by atoms with Crippen LogP contribution in [0.15, 0.2) is 28.7 Å². The molecule has 3 N–H and O–H groups in total. The van der Waals surface area contributed by atoms with Crippen LogP contribution in [0.2, 0.25) is 0 Å². The molecule has 0 aliphatic heterocycles. The van der Waals surface area contributed by atoms with Crippen LogP contribution in [0.25, 0.3) is 0 Å². The van der Waals surface area contributed by atoms with E-state index < -0.39 is 5.41 Å². The fraction of sp³-hybridized carbons (Fsp3) is 0.588. The normalized spacial score (nSPS) is 17.5. The summed E-state index contributed by atoms with van der Waals surface area (Å²) >= 11 is 3.52. The zero-order valence-electron chi connectivity index (χ0n) is 13.3. The largest absolute Gasteiger partial charge is 0.354 e. The molecule has 3 nitrogen and oxygen atoms in total. The van der Waals surface area contributed by atoms with Crippen molar-refractivity contribution < 1.29 is 4.79 Å². The molecule has 22 heavy (non-hydrogen) atoms. The van der Waals surface area contributed by atoms with Gasteiger partial charge in [0.1, 0.15) is 0 Å². The van der Waals surface area contributed by atoms with Gasteiger partial charge in [0, 0.05) is 16.6 Å². The van der Waals surface area contributed by atoms with Crippen LogP contribution in [0.4, 0.5) is 0 Å². The van der Waals surface area contributed by atoms with Gasteiger partial charge in [-0.2, -0.15) is 0 Å². The van der Waals surface area contributed by atoms with E-state index in [0.29, 0.717) is 6.54 Å². The maximum Gasteiger partial charge on any atom is 0.230 e. The van der Waals surface area contributed by atoms with Crippen molar-refractivity contribution in [1.29, 1.82) is 0 Å². The molecule has 1 aromatic rings. The molecule has 0 heterocycles. The van der Waals surface area contributed by atoms with Crippen LogP contribution in [-0.4, -0.2) is 18.0 Å². The lowest BCUT2D eigenvalue weighted by Crippen LogP contribution is -2.52. The number of hydrogen-bond acceptors (Lipinski definition) is 2. The Kier molecular flexibility index (Phi) is 6.90. The molecule has 1 amide bonds. The van der Waals surface area contributed by atoms with Gasteiger partial charge in [0.25, 0.3) is 0 Å². The third-order valence-corrected chi connectivity index (χ3v) is 4.72. The average molecular weight is 390 g/mol. The van der Waals surface area contributed by atoms with Gasteiger partial charge in [-0.25, -0.2) is 0 Å². The third-order valence-electron chi connectivity index (χ3n) is 4.22. The van der Waals surface area contributed by atoms with Gasteiger partial charge >= 0.3 is 0 Å². The van der Waals surface area contributed by atoms with E-state index in [9.17, 15) is 4.79 Å². The van der Waals surface area contributed by atoms with E-state index in [1.807, 2.05) is 26.0 Å².